The van der Waals surface area contributed by atoms with Crippen molar-refractivity contribution in [2.24, 2.45) is 0 Å². The minimum atomic E-state index is -1.52. The molecule has 2 rings (SSSR count). The Hall–Kier alpha value is -2.46. The molecule has 1 amide bonds. The van der Waals surface area contributed by atoms with Gasteiger partial charge in [0.25, 0.3) is 0 Å². The van der Waals surface area contributed by atoms with Gasteiger partial charge in [-0.1, -0.05) is 60.7 Å². The van der Waals surface area contributed by atoms with E-state index in [1.807, 2.05) is 30.3 Å². The van der Waals surface area contributed by atoms with Crippen LogP contribution in [-0.2, 0) is 11.2 Å². The molecule has 1 unspecified atom stereocenters. The summed E-state index contributed by atoms with van der Waals surface area (Å²) < 4.78 is 0. The van der Waals surface area contributed by atoms with E-state index in [0.29, 0.717) is 5.56 Å². The maximum Gasteiger partial charge on any atom is 0.226 e. The van der Waals surface area contributed by atoms with Gasteiger partial charge in [-0.05, 0) is 5.56 Å². The first-order valence-corrected chi connectivity index (χ1v) is 6.27. The standard InChI is InChI=1S/C16H15NO3/c18-14(11-12-7-3-1-4-8-12)17-16(20)15(19)13-9-5-2-6-10-13/h1-10,16,20H,11H2,(H,17,18). The van der Waals surface area contributed by atoms with Crippen molar-refractivity contribution in [2.75, 3.05) is 0 Å². The van der Waals surface area contributed by atoms with Gasteiger partial charge in [0.1, 0.15) is 0 Å². The van der Waals surface area contributed by atoms with E-state index in [1.54, 1.807) is 30.3 Å². The molecule has 0 aromatic heterocycles. The number of ketones is 1. The fraction of sp³-hybridized carbons (Fsp3) is 0.125. The fourth-order valence-electron chi connectivity index (χ4n) is 1.81. The molecule has 0 spiro atoms. The molecule has 0 fully saturated rings. The van der Waals surface area contributed by atoms with E-state index in [2.05, 4.69) is 5.32 Å². The van der Waals surface area contributed by atoms with Crippen molar-refractivity contribution in [3.8, 4) is 0 Å². The summed E-state index contributed by atoms with van der Waals surface area (Å²) in [5, 5.41) is 12.0. The third-order valence-electron chi connectivity index (χ3n) is 2.81. The largest absolute Gasteiger partial charge is 0.367 e. The van der Waals surface area contributed by atoms with Gasteiger partial charge < -0.3 is 10.4 Å². The first-order valence-electron chi connectivity index (χ1n) is 6.27. The highest BCUT2D eigenvalue weighted by molar-refractivity contribution is 6.00. The lowest BCUT2D eigenvalue weighted by atomic mass is 10.1. The average molecular weight is 269 g/mol. The maximum atomic E-state index is 11.9. The number of carbonyl (C=O) groups is 2. The number of benzene rings is 2. The topological polar surface area (TPSA) is 66.4 Å². The summed E-state index contributed by atoms with van der Waals surface area (Å²) in [6.07, 6.45) is -1.39. The molecule has 2 N–H and O–H groups in total. The molecule has 0 aliphatic heterocycles. The highest BCUT2D eigenvalue weighted by Crippen LogP contribution is 2.03. The minimum Gasteiger partial charge on any atom is -0.367 e. The number of Topliss-reactive ketones (excluding diaryl/α,β-unsaturated/α-hetero) is 1. The van der Waals surface area contributed by atoms with E-state index >= 15 is 0 Å². The summed E-state index contributed by atoms with van der Waals surface area (Å²) in [6, 6.07) is 17.5. The number of hydrogen-bond acceptors (Lipinski definition) is 3. The highest BCUT2D eigenvalue weighted by atomic mass is 16.3. The Bertz CT molecular complexity index is 581. The van der Waals surface area contributed by atoms with Crippen molar-refractivity contribution in [1.29, 1.82) is 0 Å². The van der Waals surface area contributed by atoms with E-state index in [1.165, 1.54) is 0 Å². The number of hydrogen-bond donors (Lipinski definition) is 2. The van der Waals surface area contributed by atoms with Crippen LogP contribution in [0, 0.1) is 0 Å². The average Bonchev–Trinajstić information content (AvgIpc) is 2.48. The second kappa shape index (κ2) is 6.63. The van der Waals surface area contributed by atoms with Gasteiger partial charge in [0.05, 0.1) is 6.42 Å². The summed E-state index contributed by atoms with van der Waals surface area (Å²) in [4.78, 5) is 23.6. The molecule has 0 saturated carbocycles. The number of carbonyl (C=O) groups excluding carboxylic acids is 2. The quantitative estimate of drug-likeness (QED) is 0.639. The van der Waals surface area contributed by atoms with E-state index in [9.17, 15) is 14.7 Å². The number of aliphatic hydroxyl groups excluding tert-OH is 1. The minimum absolute atomic E-state index is 0.125. The van der Waals surface area contributed by atoms with Crippen LogP contribution in [0.15, 0.2) is 60.7 Å². The van der Waals surface area contributed by atoms with Crippen molar-refractivity contribution in [3.63, 3.8) is 0 Å². The first-order chi connectivity index (χ1) is 9.66. The van der Waals surface area contributed by atoms with E-state index in [0.717, 1.165) is 5.56 Å². The zero-order valence-corrected chi connectivity index (χ0v) is 10.8. The van der Waals surface area contributed by atoms with Crippen molar-refractivity contribution >= 4 is 11.7 Å². The lowest BCUT2D eigenvalue weighted by Crippen LogP contribution is -2.41. The second-order valence-corrected chi connectivity index (χ2v) is 4.36. The molecule has 1 atom stereocenters. The Morgan fingerprint density at radius 1 is 0.950 bits per heavy atom. The lowest BCUT2D eigenvalue weighted by Gasteiger charge is -2.12. The Morgan fingerprint density at radius 2 is 1.50 bits per heavy atom. The number of rotatable bonds is 5. The molecule has 2 aromatic carbocycles. The van der Waals surface area contributed by atoms with Crippen LogP contribution < -0.4 is 5.32 Å². The molecular formula is C16H15NO3. The summed E-state index contributed by atoms with van der Waals surface area (Å²) in [5.41, 5.74) is 1.18. The highest BCUT2D eigenvalue weighted by Gasteiger charge is 2.18. The van der Waals surface area contributed by atoms with Crippen molar-refractivity contribution in [1.82, 2.24) is 5.32 Å². The Balaban J connectivity index is 1.93. The van der Waals surface area contributed by atoms with Gasteiger partial charge in [-0.2, -0.15) is 0 Å². The van der Waals surface area contributed by atoms with Crippen LogP contribution in [-0.4, -0.2) is 23.0 Å². The number of amides is 1. The van der Waals surface area contributed by atoms with Gasteiger partial charge in [0.15, 0.2) is 6.23 Å². The van der Waals surface area contributed by atoms with Crippen LogP contribution >= 0.6 is 0 Å². The molecule has 4 heteroatoms. The van der Waals surface area contributed by atoms with E-state index in [-0.39, 0.29) is 6.42 Å². The number of aliphatic hydroxyl groups is 1. The van der Waals surface area contributed by atoms with Crippen molar-refractivity contribution in [3.05, 3.63) is 71.8 Å². The Kier molecular flexibility index (Phi) is 4.63. The predicted octanol–water partition coefficient (Wildman–Crippen LogP) is 1.55. The molecule has 0 saturated heterocycles. The monoisotopic (exact) mass is 269 g/mol. The molecule has 102 valence electrons. The fourth-order valence-corrected chi connectivity index (χ4v) is 1.81. The van der Waals surface area contributed by atoms with Gasteiger partial charge in [-0.25, -0.2) is 0 Å². The molecule has 4 nitrogen and oxygen atoms in total. The van der Waals surface area contributed by atoms with Crippen molar-refractivity contribution < 1.29 is 14.7 Å². The summed E-state index contributed by atoms with van der Waals surface area (Å²) >= 11 is 0. The van der Waals surface area contributed by atoms with Crippen LogP contribution in [0.1, 0.15) is 15.9 Å². The molecule has 0 radical (unpaired) electrons. The van der Waals surface area contributed by atoms with Crippen LogP contribution in [0.4, 0.5) is 0 Å². The molecule has 2 aromatic rings. The summed E-state index contributed by atoms with van der Waals surface area (Å²) in [7, 11) is 0. The zero-order valence-electron chi connectivity index (χ0n) is 10.8. The van der Waals surface area contributed by atoms with Crippen LogP contribution in [0.2, 0.25) is 0 Å². The van der Waals surface area contributed by atoms with Gasteiger partial charge >= 0.3 is 0 Å². The summed E-state index contributed by atoms with van der Waals surface area (Å²) in [6.45, 7) is 0. The van der Waals surface area contributed by atoms with Crippen LogP contribution in [0.3, 0.4) is 0 Å². The van der Waals surface area contributed by atoms with Gasteiger partial charge in [0.2, 0.25) is 11.7 Å². The predicted molar refractivity (Wildman–Crippen MR) is 75.1 cm³/mol. The first kappa shape index (κ1) is 14.0. The molecule has 20 heavy (non-hydrogen) atoms. The Labute approximate surface area is 117 Å². The molecule has 0 bridgehead atoms. The van der Waals surface area contributed by atoms with E-state index in [4.69, 9.17) is 0 Å². The third-order valence-corrected chi connectivity index (χ3v) is 2.81. The Morgan fingerprint density at radius 3 is 2.10 bits per heavy atom. The smallest absolute Gasteiger partial charge is 0.226 e. The summed E-state index contributed by atoms with van der Waals surface area (Å²) in [5.74, 6) is -0.917. The molecule has 0 aliphatic carbocycles. The maximum absolute atomic E-state index is 11.9. The third kappa shape index (κ3) is 3.76. The van der Waals surface area contributed by atoms with Gasteiger partial charge in [0, 0.05) is 5.56 Å². The van der Waals surface area contributed by atoms with Gasteiger partial charge in [-0.3, -0.25) is 9.59 Å². The SMILES string of the molecule is O=C(Cc1ccccc1)NC(O)C(=O)c1ccccc1. The number of nitrogens with one attached hydrogen (secondary N) is 1. The van der Waals surface area contributed by atoms with Crippen LogP contribution in [0.5, 0.6) is 0 Å². The second-order valence-electron chi connectivity index (χ2n) is 4.36. The van der Waals surface area contributed by atoms with E-state index < -0.39 is 17.9 Å². The van der Waals surface area contributed by atoms with Gasteiger partial charge in [-0.15, -0.1) is 0 Å². The zero-order chi connectivity index (χ0) is 14.4. The molecule has 0 heterocycles. The molecular weight excluding hydrogens is 254 g/mol. The van der Waals surface area contributed by atoms with Crippen LogP contribution in [0.25, 0.3) is 0 Å². The lowest BCUT2D eigenvalue weighted by molar-refractivity contribution is -0.122. The van der Waals surface area contributed by atoms with Crippen molar-refractivity contribution in [2.45, 2.75) is 12.6 Å². The normalized spacial score (nSPS) is 11.7. The molecule has 0 aliphatic rings.